The third kappa shape index (κ3) is 7.06. The van der Waals surface area contributed by atoms with E-state index in [1.165, 1.54) is 43.7 Å². The summed E-state index contributed by atoms with van der Waals surface area (Å²) in [5, 5.41) is 0. The van der Waals surface area contributed by atoms with E-state index in [-0.39, 0.29) is 0 Å². The molecular formula is C23H26O3. The number of unbranched alkanes of at least 4 members (excludes halogenated alkanes) is 4. The Labute approximate surface area is 155 Å². The maximum absolute atomic E-state index is 11.9. The van der Waals surface area contributed by atoms with Crippen molar-refractivity contribution in [2.45, 2.75) is 45.4 Å². The normalized spacial score (nSPS) is 10.8. The molecule has 0 aromatic heterocycles. The van der Waals surface area contributed by atoms with Crippen LogP contribution in [0.1, 0.15) is 60.5 Å². The van der Waals surface area contributed by atoms with Gasteiger partial charge in [0.25, 0.3) is 0 Å². The minimum Gasteiger partial charge on any atom is -0.423 e. The number of ether oxygens (including phenoxy) is 1. The monoisotopic (exact) mass is 350 g/mol. The van der Waals surface area contributed by atoms with Crippen LogP contribution in [0.2, 0.25) is 0 Å². The fourth-order valence-electron chi connectivity index (χ4n) is 2.66. The standard InChI is InChI=1S/C23H26O3/c1-2-3-4-5-6-7-19-8-10-20(11-9-19)14-17-23(25)26-22-15-12-21(18-24)13-16-22/h8-18H,2-7H2,1H3/b17-14+. The zero-order valence-electron chi connectivity index (χ0n) is 15.3. The summed E-state index contributed by atoms with van der Waals surface area (Å²) in [6.45, 7) is 2.23. The van der Waals surface area contributed by atoms with Gasteiger partial charge in [0, 0.05) is 11.6 Å². The Morgan fingerprint density at radius 2 is 1.54 bits per heavy atom. The second-order valence-electron chi connectivity index (χ2n) is 6.35. The van der Waals surface area contributed by atoms with E-state index in [9.17, 15) is 9.59 Å². The highest BCUT2D eigenvalue weighted by Crippen LogP contribution is 2.13. The number of hydrogen-bond donors (Lipinski definition) is 0. The lowest BCUT2D eigenvalue weighted by Crippen LogP contribution is -2.03. The van der Waals surface area contributed by atoms with Crippen molar-refractivity contribution in [3.05, 3.63) is 71.3 Å². The molecule has 0 bridgehead atoms. The minimum absolute atomic E-state index is 0.420. The predicted molar refractivity (Wildman–Crippen MR) is 105 cm³/mol. The van der Waals surface area contributed by atoms with Gasteiger partial charge in [-0.15, -0.1) is 0 Å². The molecule has 0 heterocycles. The summed E-state index contributed by atoms with van der Waals surface area (Å²) in [5.74, 6) is -0.0208. The first-order chi connectivity index (χ1) is 12.7. The van der Waals surface area contributed by atoms with E-state index in [1.807, 2.05) is 12.1 Å². The van der Waals surface area contributed by atoms with Crippen LogP contribution in [0.15, 0.2) is 54.6 Å². The molecule has 0 spiro atoms. The first-order valence-electron chi connectivity index (χ1n) is 9.25. The highest BCUT2D eigenvalue weighted by Gasteiger charge is 2.01. The molecule has 0 fully saturated rings. The van der Waals surface area contributed by atoms with Crippen molar-refractivity contribution in [1.82, 2.24) is 0 Å². The van der Waals surface area contributed by atoms with Crippen molar-refractivity contribution in [3.63, 3.8) is 0 Å². The maximum Gasteiger partial charge on any atom is 0.336 e. The third-order valence-corrected chi connectivity index (χ3v) is 4.20. The average molecular weight is 350 g/mol. The van der Waals surface area contributed by atoms with Crippen LogP contribution in [-0.2, 0) is 11.2 Å². The van der Waals surface area contributed by atoms with Crippen LogP contribution >= 0.6 is 0 Å². The lowest BCUT2D eigenvalue weighted by molar-refractivity contribution is -0.128. The van der Waals surface area contributed by atoms with Gasteiger partial charge < -0.3 is 4.74 Å². The smallest absolute Gasteiger partial charge is 0.336 e. The van der Waals surface area contributed by atoms with Gasteiger partial charge in [-0.3, -0.25) is 4.79 Å². The van der Waals surface area contributed by atoms with Crippen molar-refractivity contribution in [2.24, 2.45) is 0 Å². The van der Waals surface area contributed by atoms with Crippen LogP contribution in [0.3, 0.4) is 0 Å². The van der Waals surface area contributed by atoms with E-state index >= 15 is 0 Å². The first kappa shape index (κ1) is 19.6. The van der Waals surface area contributed by atoms with Gasteiger partial charge in [-0.05, 0) is 54.3 Å². The summed E-state index contributed by atoms with van der Waals surface area (Å²) < 4.78 is 5.20. The Hall–Kier alpha value is -2.68. The number of aldehydes is 1. The summed E-state index contributed by atoms with van der Waals surface area (Å²) in [4.78, 5) is 22.5. The Morgan fingerprint density at radius 3 is 2.19 bits per heavy atom. The Balaban J connectivity index is 1.79. The molecule has 3 heteroatoms. The summed E-state index contributed by atoms with van der Waals surface area (Å²) in [5.41, 5.74) is 2.84. The van der Waals surface area contributed by atoms with Crippen LogP contribution in [-0.4, -0.2) is 12.3 Å². The largest absolute Gasteiger partial charge is 0.423 e. The van der Waals surface area contributed by atoms with Gasteiger partial charge in [0.2, 0.25) is 0 Å². The van der Waals surface area contributed by atoms with Crippen molar-refractivity contribution in [1.29, 1.82) is 0 Å². The Bertz CT molecular complexity index is 712. The van der Waals surface area contributed by atoms with Gasteiger partial charge in [0.15, 0.2) is 0 Å². The molecule has 0 amide bonds. The van der Waals surface area contributed by atoms with E-state index < -0.39 is 5.97 Å². The lowest BCUT2D eigenvalue weighted by Gasteiger charge is -2.03. The zero-order valence-corrected chi connectivity index (χ0v) is 15.3. The van der Waals surface area contributed by atoms with E-state index in [0.29, 0.717) is 11.3 Å². The number of aryl methyl sites for hydroxylation is 1. The molecule has 0 aliphatic rings. The lowest BCUT2D eigenvalue weighted by atomic mass is 10.0. The molecule has 0 aliphatic heterocycles. The minimum atomic E-state index is -0.441. The number of hydrogen-bond acceptors (Lipinski definition) is 3. The Kier molecular flexibility index (Phi) is 8.34. The highest BCUT2D eigenvalue weighted by atomic mass is 16.5. The second-order valence-corrected chi connectivity index (χ2v) is 6.35. The van der Waals surface area contributed by atoms with Crippen molar-refractivity contribution in [2.75, 3.05) is 0 Å². The van der Waals surface area contributed by atoms with Gasteiger partial charge in [-0.25, -0.2) is 4.79 Å². The fraction of sp³-hybridized carbons (Fsp3) is 0.304. The third-order valence-electron chi connectivity index (χ3n) is 4.20. The number of esters is 1. The molecule has 0 N–H and O–H groups in total. The molecule has 0 saturated heterocycles. The quantitative estimate of drug-likeness (QED) is 0.183. The molecule has 26 heavy (non-hydrogen) atoms. The van der Waals surface area contributed by atoms with Crippen molar-refractivity contribution >= 4 is 18.3 Å². The molecule has 0 unspecified atom stereocenters. The SMILES string of the molecule is CCCCCCCc1ccc(/C=C/C(=O)Oc2ccc(C=O)cc2)cc1. The molecule has 0 radical (unpaired) electrons. The summed E-state index contributed by atoms with van der Waals surface area (Å²) >= 11 is 0. The number of carbonyl (C=O) groups excluding carboxylic acids is 2. The van der Waals surface area contributed by atoms with Crippen molar-refractivity contribution in [3.8, 4) is 5.75 Å². The van der Waals surface area contributed by atoms with Crippen molar-refractivity contribution < 1.29 is 14.3 Å². The molecule has 0 aliphatic carbocycles. The molecule has 136 valence electrons. The van der Waals surface area contributed by atoms with Crippen LogP contribution < -0.4 is 4.74 Å². The summed E-state index contributed by atoms with van der Waals surface area (Å²) in [7, 11) is 0. The van der Waals surface area contributed by atoms with Crippen LogP contribution in [0, 0.1) is 0 Å². The van der Waals surface area contributed by atoms with E-state index in [1.54, 1.807) is 30.3 Å². The van der Waals surface area contributed by atoms with E-state index in [4.69, 9.17) is 4.74 Å². The molecule has 2 aromatic carbocycles. The van der Waals surface area contributed by atoms with Gasteiger partial charge in [0.1, 0.15) is 12.0 Å². The molecular weight excluding hydrogens is 324 g/mol. The van der Waals surface area contributed by atoms with Gasteiger partial charge in [-0.1, -0.05) is 56.9 Å². The highest BCUT2D eigenvalue weighted by molar-refractivity contribution is 5.88. The van der Waals surface area contributed by atoms with Crippen LogP contribution in [0.5, 0.6) is 5.75 Å². The molecule has 2 rings (SSSR count). The molecule has 3 nitrogen and oxygen atoms in total. The number of rotatable bonds is 10. The van der Waals surface area contributed by atoms with Gasteiger partial charge in [0.05, 0.1) is 0 Å². The average Bonchev–Trinajstić information content (AvgIpc) is 2.68. The molecule has 2 aromatic rings. The van der Waals surface area contributed by atoms with Crippen LogP contribution in [0.4, 0.5) is 0 Å². The topological polar surface area (TPSA) is 43.4 Å². The fourth-order valence-corrected chi connectivity index (χ4v) is 2.66. The summed E-state index contributed by atoms with van der Waals surface area (Å²) in [6.07, 6.45) is 11.4. The van der Waals surface area contributed by atoms with Crippen LogP contribution in [0.25, 0.3) is 6.08 Å². The number of benzene rings is 2. The second kappa shape index (κ2) is 11.0. The zero-order chi connectivity index (χ0) is 18.6. The first-order valence-corrected chi connectivity index (χ1v) is 9.25. The number of carbonyl (C=O) groups is 2. The predicted octanol–water partition coefficient (Wildman–Crippen LogP) is 5.63. The summed E-state index contributed by atoms with van der Waals surface area (Å²) in [6, 6.07) is 14.7. The maximum atomic E-state index is 11.9. The molecule has 0 atom stereocenters. The van der Waals surface area contributed by atoms with E-state index in [0.717, 1.165) is 18.3 Å². The Morgan fingerprint density at radius 1 is 0.885 bits per heavy atom. The van der Waals surface area contributed by atoms with Gasteiger partial charge in [-0.2, -0.15) is 0 Å². The van der Waals surface area contributed by atoms with E-state index in [2.05, 4.69) is 19.1 Å². The molecule has 0 saturated carbocycles. The van der Waals surface area contributed by atoms with Gasteiger partial charge >= 0.3 is 5.97 Å².